The van der Waals surface area contributed by atoms with Crippen molar-refractivity contribution in [1.29, 1.82) is 0 Å². The lowest BCUT2D eigenvalue weighted by Crippen LogP contribution is -2.49. The second-order valence-corrected chi connectivity index (χ2v) is 7.34. The third kappa shape index (κ3) is 6.93. The Morgan fingerprint density at radius 2 is 1.76 bits per heavy atom. The van der Waals surface area contributed by atoms with Gasteiger partial charge in [-0.2, -0.15) is 0 Å². The first-order chi connectivity index (χ1) is 7.43. The Kier molecular flexibility index (Phi) is 5.12. The molecule has 0 spiro atoms. The van der Waals surface area contributed by atoms with E-state index in [4.69, 9.17) is 5.11 Å². The summed E-state index contributed by atoms with van der Waals surface area (Å²) in [4.78, 5) is 22.4. The van der Waals surface area contributed by atoms with Crippen molar-refractivity contribution in [2.24, 2.45) is 5.41 Å². The summed E-state index contributed by atoms with van der Waals surface area (Å²) in [7, 11) is -3.22. The Hall–Kier alpha value is -1.11. The molecule has 0 aromatic rings. The molecule has 0 heterocycles. The van der Waals surface area contributed by atoms with Crippen LogP contribution in [-0.2, 0) is 19.4 Å². The fraction of sp³-hybridized carbons (Fsp3) is 0.800. The molecule has 0 aliphatic heterocycles. The van der Waals surface area contributed by atoms with Gasteiger partial charge < -0.3 is 10.4 Å². The van der Waals surface area contributed by atoms with Gasteiger partial charge in [-0.1, -0.05) is 20.8 Å². The maximum atomic E-state index is 11.4. The molecule has 2 N–H and O–H groups in total. The van der Waals surface area contributed by atoms with Crippen molar-refractivity contribution in [1.82, 2.24) is 5.32 Å². The third-order valence-electron chi connectivity index (χ3n) is 2.12. The van der Waals surface area contributed by atoms with Gasteiger partial charge in [0.25, 0.3) is 0 Å². The number of aliphatic carboxylic acids is 1. The molecular formula is C10H19NO5S. The maximum absolute atomic E-state index is 11.4. The highest BCUT2D eigenvalue weighted by Crippen LogP contribution is 2.19. The summed E-state index contributed by atoms with van der Waals surface area (Å²) in [5, 5.41) is 11.3. The van der Waals surface area contributed by atoms with Crippen LogP contribution in [0.25, 0.3) is 0 Å². The standard InChI is InChI=1S/C10H19NO5S/c1-10(2,3)8(9(13)14)11-7(12)5-6-17(4,15)16/h8H,5-6H2,1-4H3,(H,11,12)(H,13,14)/t8-/m0/s1. The number of carbonyl (C=O) groups is 2. The molecule has 1 atom stereocenters. The van der Waals surface area contributed by atoms with E-state index < -0.39 is 33.2 Å². The Balaban J connectivity index is 4.49. The van der Waals surface area contributed by atoms with Crippen LogP contribution < -0.4 is 5.32 Å². The normalized spacial score (nSPS) is 14.1. The summed E-state index contributed by atoms with van der Waals surface area (Å²) in [6.45, 7) is 5.05. The summed E-state index contributed by atoms with van der Waals surface area (Å²) in [5.41, 5.74) is -0.632. The van der Waals surface area contributed by atoms with Crippen LogP contribution in [0.15, 0.2) is 0 Å². The zero-order chi connectivity index (χ0) is 13.9. The Morgan fingerprint density at radius 3 is 2.06 bits per heavy atom. The first-order valence-corrected chi connectivity index (χ1v) is 7.19. The van der Waals surface area contributed by atoms with E-state index in [1.807, 2.05) is 0 Å². The Bertz CT molecular complexity index is 393. The molecule has 0 rings (SSSR count). The molecule has 0 saturated heterocycles. The number of carboxylic acid groups (broad SMARTS) is 1. The van der Waals surface area contributed by atoms with E-state index in [9.17, 15) is 18.0 Å². The molecule has 0 aliphatic carbocycles. The first-order valence-electron chi connectivity index (χ1n) is 5.13. The van der Waals surface area contributed by atoms with Crippen molar-refractivity contribution in [3.63, 3.8) is 0 Å². The molecule has 0 aromatic heterocycles. The summed E-state index contributed by atoms with van der Waals surface area (Å²) in [6, 6.07) is -1.03. The third-order valence-corrected chi connectivity index (χ3v) is 3.06. The number of hydrogen-bond acceptors (Lipinski definition) is 4. The number of hydrogen-bond donors (Lipinski definition) is 2. The predicted molar refractivity (Wildman–Crippen MR) is 63.3 cm³/mol. The van der Waals surface area contributed by atoms with Crippen LogP contribution in [0.1, 0.15) is 27.2 Å². The number of nitrogens with one attached hydrogen (secondary N) is 1. The smallest absolute Gasteiger partial charge is 0.326 e. The molecule has 1 amide bonds. The van der Waals surface area contributed by atoms with Crippen molar-refractivity contribution < 1.29 is 23.1 Å². The van der Waals surface area contributed by atoms with Gasteiger partial charge in [-0.05, 0) is 5.41 Å². The number of rotatable bonds is 5. The number of carboxylic acids is 1. The lowest BCUT2D eigenvalue weighted by Gasteiger charge is -2.27. The van der Waals surface area contributed by atoms with E-state index in [1.165, 1.54) is 0 Å². The highest BCUT2D eigenvalue weighted by atomic mass is 32.2. The van der Waals surface area contributed by atoms with Crippen LogP contribution in [0.2, 0.25) is 0 Å². The molecule has 0 bridgehead atoms. The van der Waals surface area contributed by atoms with Crippen LogP contribution in [0.4, 0.5) is 0 Å². The molecule has 17 heavy (non-hydrogen) atoms. The highest BCUT2D eigenvalue weighted by Gasteiger charge is 2.32. The van der Waals surface area contributed by atoms with Crippen LogP contribution in [0.5, 0.6) is 0 Å². The van der Waals surface area contributed by atoms with Crippen LogP contribution >= 0.6 is 0 Å². The van der Waals surface area contributed by atoms with Crippen LogP contribution in [-0.4, -0.2) is 43.5 Å². The van der Waals surface area contributed by atoms with Gasteiger partial charge in [0.15, 0.2) is 0 Å². The zero-order valence-corrected chi connectivity index (χ0v) is 11.3. The minimum Gasteiger partial charge on any atom is -0.480 e. The first kappa shape index (κ1) is 15.9. The molecule has 6 nitrogen and oxygen atoms in total. The monoisotopic (exact) mass is 265 g/mol. The van der Waals surface area contributed by atoms with Gasteiger partial charge in [0.2, 0.25) is 5.91 Å². The zero-order valence-electron chi connectivity index (χ0n) is 10.5. The molecule has 0 aromatic carbocycles. The van der Waals surface area contributed by atoms with E-state index in [-0.39, 0.29) is 12.2 Å². The quantitative estimate of drug-likeness (QED) is 0.730. The molecular weight excluding hydrogens is 246 g/mol. The van der Waals surface area contributed by atoms with Gasteiger partial charge in [-0.3, -0.25) is 4.79 Å². The highest BCUT2D eigenvalue weighted by molar-refractivity contribution is 7.90. The molecule has 0 radical (unpaired) electrons. The second kappa shape index (κ2) is 5.48. The largest absolute Gasteiger partial charge is 0.480 e. The van der Waals surface area contributed by atoms with E-state index in [0.717, 1.165) is 6.26 Å². The average Bonchev–Trinajstić information content (AvgIpc) is 2.07. The number of sulfone groups is 1. The van der Waals surface area contributed by atoms with Gasteiger partial charge in [-0.15, -0.1) is 0 Å². The van der Waals surface area contributed by atoms with Gasteiger partial charge >= 0.3 is 5.97 Å². The molecule has 0 unspecified atom stereocenters. The molecule has 7 heteroatoms. The van der Waals surface area contributed by atoms with E-state index in [2.05, 4.69) is 5.32 Å². The fourth-order valence-electron chi connectivity index (χ4n) is 1.16. The summed E-state index contributed by atoms with van der Waals surface area (Å²) < 4.78 is 21.7. The number of amides is 1. The Labute approximate surface area is 101 Å². The average molecular weight is 265 g/mol. The van der Waals surface area contributed by atoms with E-state index >= 15 is 0 Å². The van der Waals surface area contributed by atoms with Crippen LogP contribution in [0, 0.1) is 5.41 Å². The van der Waals surface area contributed by atoms with Gasteiger partial charge in [0, 0.05) is 12.7 Å². The molecule has 0 saturated carbocycles. The minimum absolute atomic E-state index is 0.224. The fourth-order valence-corrected chi connectivity index (χ4v) is 1.72. The van der Waals surface area contributed by atoms with Crippen molar-refractivity contribution in [3.05, 3.63) is 0 Å². The summed E-state index contributed by atoms with van der Waals surface area (Å²) >= 11 is 0. The Morgan fingerprint density at radius 1 is 1.29 bits per heavy atom. The topological polar surface area (TPSA) is 101 Å². The molecule has 100 valence electrons. The summed E-state index contributed by atoms with van der Waals surface area (Å²) in [6.07, 6.45) is 0.803. The SMILES string of the molecule is CC(C)(C)[C@@H](NC(=O)CCS(C)(=O)=O)C(=O)O. The lowest BCUT2D eigenvalue weighted by atomic mass is 9.87. The van der Waals surface area contributed by atoms with Gasteiger partial charge in [-0.25, -0.2) is 13.2 Å². The van der Waals surface area contributed by atoms with Crippen molar-refractivity contribution in [2.45, 2.75) is 33.2 Å². The predicted octanol–water partition coefficient (Wildman–Crippen LogP) is 0.0366. The van der Waals surface area contributed by atoms with Gasteiger partial charge in [0.1, 0.15) is 15.9 Å². The lowest BCUT2D eigenvalue weighted by molar-refractivity contribution is -0.144. The summed E-state index contributed by atoms with van der Waals surface area (Å²) in [5.74, 6) is -1.99. The molecule has 0 aliphatic rings. The van der Waals surface area contributed by atoms with E-state index in [1.54, 1.807) is 20.8 Å². The van der Waals surface area contributed by atoms with Crippen LogP contribution in [0.3, 0.4) is 0 Å². The maximum Gasteiger partial charge on any atom is 0.326 e. The molecule has 0 fully saturated rings. The van der Waals surface area contributed by atoms with E-state index in [0.29, 0.717) is 0 Å². The van der Waals surface area contributed by atoms with Crippen molar-refractivity contribution in [2.75, 3.05) is 12.0 Å². The number of carbonyl (C=O) groups excluding carboxylic acids is 1. The minimum atomic E-state index is -3.22. The van der Waals surface area contributed by atoms with Crippen molar-refractivity contribution >= 4 is 21.7 Å². The van der Waals surface area contributed by atoms with Gasteiger partial charge in [0.05, 0.1) is 5.75 Å². The second-order valence-electron chi connectivity index (χ2n) is 5.08. The van der Waals surface area contributed by atoms with Crippen molar-refractivity contribution in [3.8, 4) is 0 Å².